The molecule has 1 aromatic carbocycles. The molecule has 0 N–H and O–H groups in total. The number of benzene rings is 1. The van der Waals surface area contributed by atoms with E-state index in [1.54, 1.807) is 6.07 Å². The summed E-state index contributed by atoms with van der Waals surface area (Å²) in [6.45, 7) is 10.0. The second kappa shape index (κ2) is 4.41. The molecule has 14 heavy (non-hydrogen) atoms. The molecule has 0 aliphatic rings. The second-order valence-corrected chi connectivity index (χ2v) is 4.13. The smallest absolute Gasteiger partial charge is 0.123 e. The lowest BCUT2D eigenvalue weighted by Gasteiger charge is -2.12. The minimum Gasteiger partial charge on any atom is -0.207 e. The minimum absolute atomic E-state index is 0.154. The first-order valence-corrected chi connectivity index (χ1v) is 4.93. The molecule has 0 aromatic heterocycles. The Kier molecular flexibility index (Phi) is 3.45. The van der Waals surface area contributed by atoms with E-state index >= 15 is 0 Å². The summed E-state index contributed by atoms with van der Waals surface area (Å²) < 4.78 is 13.0. The molecular weight excluding hydrogens is 175 g/mol. The summed E-state index contributed by atoms with van der Waals surface area (Å²) in [5.41, 5.74) is 3.39. The van der Waals surface area contributed by atoms with Crippen LogP contribution in [-0.2, 0) is 6.42 Å². The van der Waals surface area contributed by atoms with Gasteiger partial charge in [0.15, 0.2) is 0 Å². The highest BCUT2D eigenvalue weighted by molar-refractivity contribution is 5.33. The van der Waals surface area contributed by atoms with Crippen molar-refractivity contribution in [1.82, 2.24) is 0 Å². The third-order valence-corrected chi connectivity index (χ3v) is 2.22. The molecule has 1 aromatic rings. The molecule has 0 saturated heterocycles. The van der Waals surface area contributed by atoms with Gasteiger partial charge in [0, 0.05) is 0 Å². The second-order valence-electron chi connectivity index (χ2n) is 4.13. The van der Waals surface area contributed by atoms with Crippen LogP contribution in [0.3, 0.4) is 0 Å². The van der Waals surface area contributed by atoms with E-state index in [4.69, 9.17) is 0 Å². The molecule has 0 atom stereocenters. The van der Waals surface area contributed by atoms with Gasteiger partial charge >= 0.3 is 0 Å². The molecule has 0 aliphatic carbocycles. The average Bonchev–Trinajstić information content (AvgIpc) is 2.07. The van der Waals surface area contributed by atoms with Crippen LogP contribution in [0.1, 0.15) is 37.8 Å². The Morgan fingerprint density at radius 2 is 2.07 bits per heavy atom. The molecule has 0 radical (unpaired) electrons. The van der Waals surface area contributed by atoms with Crippen LogP contribution in [0.5, 0.6) is 0 Å². The SMILES string of the molecule is C=C(C)Cc1ccc(F)cc1C(C)C. The summed E-state index contributed by atoms with van der Waals surface area (Å²) >= 11 is 0. The quantitative estimate of drug-likeness (QED) is 0.633. The number of rotatable bonds is 3. The van der Waals surface area contributed by atoms with Crippen LogP contribution >= 0.6 is 0 Å². The van der Waals surface area contributed by atoms with Crippen molar-refractivity contribution < 1.29 is 4.39 Å². The van der Waals surface area contributed by atoms with Crippen LogP contribution < -0.4 is 0 Å². The van der Waals surface area contributed by atoms with E-state index in [1.165, 1.54) is 11.6 Å². The van der Waals surface area contributed by atoms with Crippen LogP contribution in [0, 0.1) is 5.82 Å². The van der Waals surface area contributed by atoms with Crippen LogP contribution in [0.2, 0.25) is 0 Å². The standard InChI is InChI=1S/C13H17F/c1-9(2)7-11-5-6-12(14)8-13(11)10(3)4/h5-6,8,10H,1,7H2,2-4H3. The molecule has 0 spiro atoms. The van der Waals surface area contributed by atoms with Crippen molar-refractivity contribution in [2.45, 2.75) is 33.1 Å². The first-order valence-electron chi connectivity index (χ1n) is 4.93. The fourth-order valence-electron chi connectivity index (χ4n) is 1.59. The first kappa shape index (κ1) is 11.0. The van der Waals surface area contributed by atoms with Crippen LogP contribution in [0.15, 0.2) is 30.4 Å². The van der Waals surface area contributed by atoms with E-state index in [-0.39, 0.29) is 5.82 Å². The van der Waals surface area contributed by atoms with Gasteiger partial charge in [0.25, 0.3) is 0 Å². The predicted octanol–water partition coefficient (Wildman–Crippen LogP) is 4.07. The molecule has 0 heterocycles. The van der Waals surface area contributed by atoms with E-state index in [2.05, 4.69) is 20.4 Å². The summed E-state index contributed by atoms with van der Waals surface area (Å²) in [5, 5.41) is 0. The van der Waals surface area contributed by atoms with E-state index in [0.717, 1.165) is 17.6 Å². The van der Waals surface area contributed by atoms with Crippen LogP contribution in [-0.4, -0.2) is 0 Å². The molecule has 0 amide bonds. The van der Waals surface area contributed by atoms with E-state index in [9.17, 15) is 4.39 Å². The zero-order valence-electron chi connectivity index (χ0n) is 9.10. The fourth-order valence-corrected chi connectivity index (χ4v) is 1.59. The number of hydrogen-bond donors (Lipinski definition) is 0. The van der Waals surface area contributed by atoms with Gasteiger partial charge in [0.2, 0.25) is 0 Å². The minimum atomic E-state index is -0.154. The maximum atomic E-state index is 13.0. The van der Waals surface area contributed by atoms with Crippen molar-refractivity contribution in [2.75, 3.05) is 0 Å². The van der Waals surface area contributed by atoms with Crippen molar-refractivity contribution in [3.05, 3.63) is 47.3 Å². The third kappa shape index (κ3) is 2.69. The monoisotopic (exact) mass is 192 g/mol. The van der Waals surface area contributed by atoms with Gasteiger partial charge in [-0.25, -0.2) is 4.39 Å². The van der Waals surface area contributed by atoms with E-state index < -0.39 is 0 Å². The zero-order chi connectivity index (χ0) is 10.7. The predicted molar refractivity (Wildman–Crippen MR) is 59.0 cm³/mol. The largest absolute Gasteiger partial charge is 0.207 e. The highest BCUT2D eigenvalue weighted by Crippen LogP contribution is 2.22. The maximum absolute atomic E-state index is 13.0. The summed E-state index contributed by atoms with van der Waals surface area (Å²) in [5.74, 6) is 0.208. The van der Waals surface area contributed by atoms with Crippen LogP contribution in [0.25, 0.3) is 0 Å². The first-order chi connectivity index (χ1) is 6.50. The number of allylic oxidation sites excluding steroid dienone is 1. The highest BCUT2D eigenvalue weighted by atomic mass is 19.1. The van der Waals surface area contributed by atoms with Crippen molar-refractivity contribution in [3.8, 4) is 0 Å². The number of hydrogen-bond acceptors (Lipinski definition) is 0. The zero-order valence-corrected chi connectivity index (χ0v) is 9.10. The molecule has 1 rings (SSSR count). The molecule has 1 heteroatoms. The lowest BCUT2D eigenvalue weighted by Crippen LogP contribution is -1.98. The van der Waals surface area contributed by atoms with Crippen molar-refractivity contribution in [3.63, 3.8) is 0 Å². The highest BCUT2D eigenvalue weighted by Gasteiger charge is 2.07. The molecule has 0 saturated carbocycles. The Morgan fingerprint density at radius 1 is 1.43 bits per heavy atom. The van der Waals surface area contributed by atoms with Gasteiger partial charge in [-0.1, -0.05) is 32.1 Å². The summed E-state index contributed by atoms with van der Waals surface area (Å²) in [7, 11) is 0. The van der Waals surface area contributed by atoms with Gasteiger partial charge in [-0.3, -0.25) is 0 Å². The molecule has 0 nitrogen and oxygen atoms in total. The fraction of sp³-hybridized carbons (Fsp3) is 0.385. The Bertz CT molecular complexity index is 337. The summed E-state index contributed by atoms with van der Waals surface area (Å²) in [6, 6.07) is 5.01. The van der Waals surface area contributed by atoms with Gasteiger partial charge in [0.05, 0.1) is 0 Å². The van der Waals surface area contributed by atoms with E-state index in [0.29, 0.717) is 5.92 Å². The Morgan fingerprint density at radius 3 is 2.57 bits per heavy atom. The van der Waals surface area contributed by atoms with Crippen LogP contribution in [0.4, 0.5) is 4.39 Å². The van der Waals surface area contributed by atoms with Gasteiger partial charge in [0.1, 0.15) is 5.82 Å². The third-order valence-electron chi connectivity index (χ3n) is 2.22. The average molecular weight is 192 g/mol. The molecule has 0 bridgehead atoms. The Labute approximate surface area is 85.5 Å². The Balaban J connectivity index is 3.08. The molecule has 0 aliphatic heterocycles. The lowest BCUT2D eigenvalue weighted by molar-refractivity contribution is 0.622. The lowest BCUT2D eigenvalue weighted by atomic mass is 9.93. The molecule has 0 fully saturated rings. The van der Waals surface area contributed by atoms with Crippen molar-refractivity contribution in [2.24, 2.45) is 0 Å². The van der Waals surface area contributed by atoms with Crippen molar-refractivity contribution >= 4 is 0 Å². The normalized spacial score (nSPS) is 10.6. The molecular formula is C13H17F. The topological polar surface area (TPSA) is 0 Å². The van der Waals surface area contributed by atoms with Gasteiger partial charge in [-0.05, 0) is 42.5 Å². The summed E-state index contributed by atoms with van der Waals surface area (Å²) in [6.07, 6.45) is 0.841. The molecule has 76 valence electrons. The molecule has 0 unspecified atom stereocenters. The summed E-state index contributed by atoms with van der Waals surface area (Å²) in [4.78, 5) is 0. The Hall–Kier alpha value is -1.11. The van der Waals surface area contributed by atoms with Crippen molar-refractivity contribution in [1.29, 1.82) is 0 Å². The van der Waals surface area contributed by atoms with Gasteiger partial charge in [-0.15, -0.1) is 0 Å². The maximum Gasteiger partial charge on any atom is 0.123 e. The van der Waals surface area contributed by atoms with Gasteiger partial charge in [-0.2, -0.15) is 0 Å². The van der Waals surface area contributed by atoms with Gasteiger partial charge < -0.3 is 0 Å². The number of halogens is 1. The van der Waals surface area contributed by atoms with E-state index in [1.807, 2.05) is 13.0 Å².